The first-order valence-electron chi connectivity index (χ1n) is 6.97. The van der Waals surface area contributed by atoms with Gasteiger partial charge in [0.1, 0.15) is 5.60 Å². The summed E-state index contributed by atoms with van der Waals surface area (Å²) in [6.45, 7) is 5.52. The number of ether oxygens (including phenoxy) is 1. The Balaban J connectivity index is 1.79. The fourth-order valence-corrected chi connectivity index (χ4v) is 3.41. The second kappa shape index (κ2) is 5.02. The van der Waals surface area contributed by atoms with Crippen molar-refractivity contribution in [1.82, 2.24) is 5.32 Å². The maximum Gasteiger partial charge on any atom is 0.407 e. The maximum atomic E-state index is 11.7. The highest BCUT2D eigenvalue weighted by atomic mass is 16.6. The summed E-state index contributed by atoms with van der Waals surface area (Å²) in [6.07, 6.45) is 2.91. The van der Waals surface area contributed by atoms with Gasteiger partial charge in [-0.3, -0.25) is 4.79 Å². The molecule has 0 radical (unpaired) electrons. The molecule has 108 valence electrons. The van der Waals surface area contributed by atoms with Gasteiger partial charge in [0.25, 0.3) is 0 Å². The van der Waals surface area contributed by atoms with Crippen molar-refractivity contribution >= 4 is 12.1 Å². The number of carboxylic acid groups (broad SMARTS) is 1. The zero-order chi connectivity index (χ0) is 14.2. The predicted molar refractivity (Wildman–Crippen MR) is 69.7 cm³/mol. The van der Waals surface area contributed by atoms with Crippen molar-refractivity contribution in [2.45, 2.75) is 58.1 Å². The van der Waals surface area contributed by atoms with Crippen LogP contribution in [0.5, 0.6) is 0 Å². The number of aliphatic carboxylic acids is 1. The molecule has 2 aliphatic carbocycles. The highest BCUT2D eigenvalue weighted by molar-refractivity contribution is 5.70. The van der Waals surface area contributed by atoms with E-state index >= 15 is 0 Å². The number of fused-ring (bicyclic) bond motifs is 1. The van der Waals surface area contributed by atoms with Gasteiger partial charge in [-0.1, -0.05) is 0 Å². The number of hydrogen-bond donors (Lipinski definition) is 2. The molecule has 0 aromatic rings. The van der Waals surface area contributed by atoms with Gasteiger partial charge in [0.15, 0.2) is 0 Å². The lowest BCUT2D eigenvalue weighted by Gasteiger charge is -2.22. The Hall–Kier alpha value is -1.26. The van der Waals surface area contributed by atoms with E-state index in [1.807, 2.05) is 20.8 Å². The molecule has 0 saturated heterocycles. The molecule has 0 heterocycles. The van der Waals surface area contributed by atoms with Crippen LogP contribution in [-0.2, 0) is 9.53 Å². The maximum absolute atomic E-state index is 11.7. The molecule has 2 fully saturated rings. The standard InChI is InChI=1S/C14H23NO4/c1-14(2,3)19-13(18)15-11-6-8-4-10(12(16)17)5-9(8)7-11/h8-11H,4-7H2,1-3H3,(H,15,18)(H,16,17). The summed E-state index contributed by atoms with van der Waals surface area (Å²) < 4.78 is 5.24. The largest absolute Gasteiger partial charge is 0.481 e. The number of alkyl carbamates (subject to hydrolysis) is 1. The molecule has 5 heteroatoms. The Morgan fingerprint density at radius 3 is 2.05 bits per heavy atom. The van der Waals surface area contributed by atoms with E-state index in [1.54, 1.807) is 0 Å². The molecule has 19 heavy (non-hydrogen) atoms. The van der Waals surface area contributed by atoms with Gasteiger partial charge in [-0.05, 0) is 58.3 Å². The molecule has 5 nitrogen and oxygen atoms in total. The van der Waals surface area contributed by atoms with Crippen molar-refractivity contribution in [3.63, 3.8) is 0 Å². The fraction of sp³-hybridized carbons (Fsp3) is 0.857. The molecule has 0 bridgehead atoms. The van der Waals surface area contributed by atoms with Crippen LogP contribution >= 0.6 is 0 Å². The number of carboxylic acids is 1. The number of nitrogens with one attached hydrogen (secondary N) is 1. The normalized spacial score (nSPS) is 33.8. The average Bonchev–Trinajstić information content (AvgIpc) is 2.70. The molecule has 2 atom stereocenters. The summed E-state index contributed by atoms with van der Waals surface area (Å²) in [5, 5.41) is 11.9. The molecule has 2 unspecified atom stereocenters. The van der Waals surface area contributed by atoms with Crippen LogP contribution in [0.3, 0.4) is 0 Å². The van der Waals surface area contributed by atoms with Gasteiger partial charge in [0.05, 0.1) is 5.92 Å². The fourth-order valence-electron chi connectivity index (χ4n) is 3.41. The van der Waals surface area contributed by atoms with Gasteiger partial charge >= 0.3 is 12.1 Å². The topological polar surface area (TPSA) is 75.6 Å². The number of carbonyl (C=O) groups excluding carboxylic acids is 1. The third-order valence-corrected chi connectivity index (χ3v) is 4.09. The molecule has 0 spiro atoms. The van der Waals surface area contributed by atoms with Crippen LogP contribution < -0.4 is 5.32 Å². The lowest BCUT2D eigenvalue weighted by Crippen LogP contribution is -2.38. The van der Waals surface area contributed by atoms with Crippen molar-refractivity contribution in [3.8, 4) is 0 Å². The van der Waals surface area contributed by atoms with Gasteiger partial charge in [-0.25, -0.2) is 4.79 Å². The Morgan fingerprint density at radius 1 is 1.11 bits per heavy atom. The quantitative estimate of drug-likeness (QED) is 0.807. The van der Waals surface area contributed by atoms with E-state index in [4.69, 9.17) is 9.84 Å². The van der Waals surface area contributed by atoms with E-state index in [-0.39, 0.29) is 18.1 Å². The van der Waals surface area contributed by atoms with Gasteiger partial charge < -0.3 is 15.2 Å². The van der Waals surface area contributed by atoms with E-state index in [9.17, 15) is 9.59 Å². The molecule has 2 aliphatic rings. The van der Waals surface area contributed by atoms with Crippen LogP contribution in [0.15, 0.2) is 0 Å². The molecule has 1 amide bonds. The molecule has 0 aliphatic heterocycles. The number of amides is 1. The molecular formula is C14H23NO4. The second-order valence-electron chi connectivity index (χ2n) is 6.84. The summed E-state index contributed by atoms with van der Waals surface area (Å²) in [4.78, 5) is 22.6. The lowest BCUT2D eigenvalue weighted by molar-refractivity contribution is -0.141. The van der Waals surface area contributed by atoms with E-state index < -0.39 is 11.6 Å². The number of rotatable bonds is 2. The Bertz CT molecular complexity index is 360. The average molecular weight is 269 g/mol. The Morgan fingerprint density at radius 2 is 1.63 bits per heavy atom. The van der Waals surface area contributed by atoms with Crippen LogP contribution in [-0.4, -0.2) is 28.8 Å². The zero-order valence-corrected chi connectivity index (χ0v) is 11.8. The minimum Gasteiger partial charge on any atom is -0.481 e. The SMILES string of the molecule is CC(C)(C)OC(=O)NC1CC2CC(C(=O)O)CC2C1. The van der Waals surface area contributed by atoms with Crippen molar-refractivity contribution in [1.29, 1.82) is 0 Å². The Labute approximate surface area is 113 Å². The van der Waals surface area contributed by atoms with Gasteiger partial charge in [-0.2, -0.15) is 0 Å². The van der Waals surface area contributed by atoms with Crippen LogP contribution in [0.25, 0.3) is 0 Å². The molecule has 2 rings (SSSR count). The highest BCUT2D eigenvalue weighted by Gasteiger charge is 2.44. The molecule has 0 aromatic carbocycles. The number of carbonyl (C=O) groups is 2. The first-order valence-corrected chi connectivity index (χ1v) is 6.97. The van der Waals surface area contributed by atoms with Crippen LogP contribution in [0.4, 0.5) is 4.79 Å². The van der Waals surface area contributed by atoms with Gasteiger partial charge in [0, 0.05) is 6.04 Å². The molecule has 2 saturated carbocycles. The minimum absolute atomic E-state index is 0.139. The zero-order valence-electron chi connectivity index (χ0n) is 11.8. The molecule has 2 N–H and O–H groups in total. The highest BCUT2D eigenvalue weighted by Crippen LogP contribution is 2.46. The lowest BCUT2D eigenvalue weighted by atomic mass is 10.0. The summed E-state index contributed by atoms with van der Waals surface area (Å²) >= 11 is 0. The monoisotopic (exact) mass is 269 g/mol. The summed E-state index contributed by atoms with van der Waals surface area (Å²) in [6, 6.07) is 0.139. The van der Waals surface area contributed by atoms with Gasteiger partial charge in [-0.15, -0.1) is 0 Å². The van der Waals surface area contributed by atoms with Crippen LogP contribution in [0.2, 0.25) is 0 Å². The molecular weight excluding hydrogens is 246 g/mol. The third kappa shape index (κ3) is 3.61. The minimum atomic E-state index is -0.675. The van der Waals surface area contributed by atoms with Crippen LogP contribution in [0, 0.1) is 17.8 Å². The summed E-state index contributed by atoms with van der Waals surface area (Å²) in [5.41, 5.74) is -0.479. The van der Waals surface area contributed by atoms with Crippen molar-refractivity contribution < 1.29 is 19.4 Å². The predicted octanol–water partition coefficient (Wildman–Crippen LogP) is 2.40. The van der Waals surface area contributed by atoms with E-state index in [0.29, 0.717) is 11.8 Å². The van der Waals surface area contributed by atoms with Crippen molar-refractivity contribution in [2.75, 3.05) is 0 Å². The van der Waals surface area contributed by atoms with Gasteiger partial charge in [0.2, 0.25) is 0 Å². The van der Waals surface area contributed by atoms with Crippen molar-refractivity contribution in [3.05, 3.63) is 0 Å². The van der Waals surface area contributed by atoms with E-state index in [1.165, 1.54) is 0 Å². The first-order chi connectivity index (χ1) is 8.74. The summed E-state index contributed by atoms with van der Waals surface area (Å²) in [7, 11) is 0. The first kappa shape index (κ1) is 14.2. The van der Waals surface area contributed by atoms with Crippen LogP contribution in [0.1, 0.15) is 46.5 Å². The van der Waals surface area contributed by atoms with Crippen molar-refractivity contribution in [2.24, 2.45) is 17.8 Å². The summed E-state index contributed by atoms with van der Waals surface area (Å²) in [5.74, 6) is 0.0330. The second-order valence-corrected chi connectivity index (χ2v) is 6.84. The third-order valence-electron chi connectivity index (χ3n) is 4.09. The Kier molecular flexibility index (Phi) is 3.74. The smallest absolute Gasteiger partial charge is 0.407 e. The van der Waals surface area contributed by atoms with E-state index in [0.717, 1.165) is 25.7 Å². The molecule has 0 aromatic heterocycles. The number of hydrogen-bond acceptors (Lipinski definition) is 3. The van der Waals surface area contributed by atoms with E-state index in [2.05, 4.69) is 5.32 Å².